The van der Waals surface area contributed by atoms with Crippen LogP contribution in [0, 0.1) is 6.92 Å². The number of ketones is 1. The van der Waals surface area contributed by atoms with Gasteiger partial charge in [-0.1, -0.05) is 43.3 Å². The lowest BCUT2D eigenvalue weighted by Gasteiger charge is -2.22. The Kier molecular flexibility index (Phi) is 6.39. The molecule has 0 heterocycles. The zero-order chi connectivity index (χ0) is 19.5. The number of carbonyl (C=O) groups excluding carboxylic acids is 1. The first-order valence-electron chi connectivity index (χ1n) is 7.95. The van der Waals surface area contributed by atoms with Gasteiger partial charge in [-0.15, -0.1) is 0 Å². The number of rotatable bonds is 7. The number of nitrogens with one attached hydrogen (secondary N) is 1. The van der Waals surface area contributed by atoms with Crippen molar-refractivity contribution in [1.29, 1.82) is 0 Å². The summed E-state index contributed by atoms with van der Waals surface area (Å²) in [6, 6.07) is 10.1. The number of aryl methyl sites for hydroxylation is 1. The van der Waals surface area contributed by atoms with Crippen molar-refractivity contribution in [1.82, 2.24) is 4.72 Å². The van der Waals surface area contributed by atoms with Gasteiger partial charge < -0.3 is 5.11 Å². The van der Waals surface area contributed by atoms with E-state index in [1.807, 2.05) is 6.92 Å². The number of benzene rings is 2. The molecule has 0 radical (unpaired) electrons. The molecule has 2 rings (SSSR count). The van der Waals surface area contributed by atoms with Crippen LogP contribution >= 0.6 is 15.9 Å². The fraction of sp³-hybridized carbons (Fsp3) is 0.211. The highest BCUT2D eigenvalue weighted by Crippen LogP contribution is 2.35. The van der Waals surface area contributed by atoms with Crippen molar-refractivity contribution in [3.8, 4) is 5.75 Å². The number of phenolic OH excluding ortho intramolecular Hbond substituents is 1. The third kappa shape index (κ3) is 4.41. The van der Waals surface area contributed by atoms with Gasteiger partial charge in [0.25, 0.3) is 0 Å². The summed E-state index contributed by atoms with van der Waals surface area (Å²) in [5.74, 6) is -0.435. The first-order chi connectivity index (χ1) is 12.2. The van der Waals surface area contributed by atoms with Crippen molar-refractivity contribution in [3.63, 3.8) is 0 Å². The number of phenols is 1. The van der Waals surface area contributed by atoms with E-state index in [0.717, 1.165) is 5.56 Å². The Labute approximate surface area is 161 Å². The van der Waals surface area contributed by atoms with Crippen LogP contribution in [0.2, 0.25) is 0 Å². The van der Waals surface area contributed by atoms with Crippen LogP contribution in [0.1, 0.15) is 30.5 Å². The second-order valence-corrected chi connectivity index (χ2v) is 8.42. The van der Waals surface area contributed by atoms with Crippen LogP contribution in [0.3, 0.4) is 0 Å². The Morgan fingerprint density at radius 1 is 1.23 bits per heavy atom. The van der Waals surface area contributed by atoms with E-state index in [9.17, 15) is 18.3 Å². The Bertz CT molecular complexity index is 937. The normalized spacial score (nSPS) is 12.6. The van der Waals surface area contributed by atoms with E-state index >= 15 is 0 Å². The molecule has 0 unspecified atom stereocenters. The minimum atomic E-state index is -3.93. The van der Waals surface area contributed by atoms with Gasteiger partial charge in [0.05, 0.1) is 15.4 Å². The van der Waals surface area contributed by atoms with Crippen LogP contribution in [0.25, 0.3) is 0 Å². The third-order valence-electron chi connectivity index (χ3n) is 3.96. The number of hydrogen-bond donors (Lipinski definition) is 2. The summed E-state index contributed by atoms with van der Waals surface area (Å²) in [4.78, 5) is 12.2. The second-order valence-electron chi connectivity index (χ2n) is 5.85. The van der Waals surface area contributed by atoms with E-state index in [1.54, 1.807) is 37.3 Å². The Hall–Kier alpha value is -1.96. The number of halogens is 1. The van der Waals surface area contributed by atoms with E-state index in [0.29, 0.717) is 4.47 Å². The maximum Gasteiger partial charge on any atom is 0.241 e. The van der Waals surface area contributed by atoms with Gasteiger partial charge in [-0.25, -0.2) is 8.42 Å². The Morgan fingerprint density at radius 3 is 2.42 bits per heavy atom. The quantitative estimate of drug-likeness (QED) is 0.640. The largest absolute Gasteiger partial charge is 0.506 e. The number of aromatic hydroxyl groups is 1. The second kappa shape index (κ2) is 8.16. The monoisotopic (exact) mass is 437 g/mol. The first kappa shape index (κ1) is 20.4. The fourth-order valence-corrected chi connectivity index (χ4v) is 4.01. The molecule has 0 aliphatic carbocycles. The molecule has 1 atom stereocenters. The molecule has 0 aliphatic heterocycles. The first-order valence-corrected chi connectivity index (χ1v) is 10.2. The van der Waals surface area contributed by atoms with Gasteiger partial charge in [0.15, 0.2) is 5.78 Å². The number of para-hydroxylation sites is 1. The highest BCUT2D eigenvalue weighted by atomic mass is 79.9. The zero-order valence-corrected chi connectivity index (χ0v) is 16.9. The van der Waals surface area contributed by atoms with Crippen LogP contribution in [0.4, 0.5) is 0 Å². The summed E-state index contributed by atoms with van der Waals surface area (Å²) < 4.78 is 28.5. The van der Waals surface area contributed by atoms with Crippen molar-refractivity contribution in [2.45, 2.75) is 31.2 Å². The lowest BCUT2D eigenvalue weighted by atomic mass is 9.96. The number of hydrogen-bond acceptors (Lipinski definition) is 4. The molecule has 5 nitrogen and oxygen atoms in total. The molecule has 0 fully saturated rings. The number of Topliss-reactive ketones (excluding diaryl/α,β-unsaturated/α-hetero) is 1. The molecule has 0 bridgehead atoms. The van der Waals surface area contributed by atoms with Gasteiger partial charge in [-0.2, -0.15) is 4.72 Å². The maximum absolute atomic E-state index is 12.8. The van der Waals surface area contributed by atoms with Gasteiger partial charge in [-0.3, -0.25) is 4.79 Å². The molecule has 138 valence electrons. The van der Waals surface area contributed by atoms with Gasteiger partial charge in [0.2, 0.25) is 10.0 Å². The van der Waals surface area contributed by atoms with Crippen molar-refractivity contribution in [2.75, 3.05) is 0 Å². The standard InChI is InChI=1S/C19H20BrNO4S/c1-4-17(22)13(3)18(15-6-5-7-16(20)19(15)23)21-26(24,25)14-10-8-12(2)9-11-14/h5-11,18,21,23H,3-4H2,1-2H3/t18-/m1/s1. The van der Waals surface area contributed by atoms with Crippen LogP contribution in [-0.2, 0) is 14.8 Å². The molecule has 0 saturated heterocycles. The molecule has 26 heavy (non-hydrogen) atoms. The van der Waals surface area contributed by atoms with Crippen molar-refractivity contribution >= 4 is 31.7 Å². The maximum atomic E-state index is 12.8. The number of carbonyl (C=O) groups is 1. The summed E-state index contributed by atoms with van der Waals surface area (Å²) in [6.07, 6.45) is 0.177. The Morgan fingerprint density at radius 2 is 1.85 bits per heavy atom. The molecular weight excluding hydrogens is 418 g/mol. The van der Waals surface area contributed by atoms with Gasteiger partial charge >= 0.3 is 0 Å². The summed E-state index contributed by atoms with van der Waals surface area (Å²) in [6.45, 7) is 7.28. The molecule has 7 heteroatoms. The minimum absolute atomic E-state index is 0.0663. The topological polar surface area (TPSA) is 83.5 Å². The van der Waals surface area contributed by atoms with Gasteiger partial charge in [0, 0.05) is 17.6 Å². The third-order valence-corrected chi connectivity index (χ3v) is 6.04. The molecule has 0 amide bonds. The molecule has 2 N–H and O–H groups in total. The van der Waals surface area contributed by atoms with E-state index in [4.69, 9.17) is 0 Å². The average Bonchev–Trinajstić information content (AvgIpc) is 2.61. The summed E-state index contributed by atoms with van der Waals surface area (Å²) >= 11 is 3.21. The molecule has 2 aromatic carbocycles. The lowest BCUT2D eigenvalue weighted by molar-refractivity contribution is -0.115. The Balaban J connectivity index is 2.51. The highest BCUT2D eigenvalue weighted by molar-refractivity contribution is 9.10. The predicted molar refractivity (Wildman–Crippen MR) is 104 cm³/mol. The summed E-state index contributed by atoms with van der Waals surface area (Å²) in [5.41, 5.74) is 1.24. The van der Waals surface area contributed by atoms with Crippen molar-refractivity contribution in [2.24, 2.45) is 0 Å². The molecule has 2 aromatic rings. The van der Waals surface area contributed by atoms with Gasteiger partial charge in [-0.05, 0) is 41.1 Å². The van der Waals surface area contributed by atoms with Crippen LogP contribution in [0.5, 0.6) is 5.75 Å². The van der Waals surface area contributed by atoms with Crippen LogP contribution in [-0.4, -0.2) is 19.3 Å². The van der Waals surface area contributed by atoms with Gasteiger partial charge in [0.1, 0.15) is 5.75 Å². The van der Waals surface area contributed by atoms with Crippen molar-refractivity contribution in [3.05, 3.63) is 70.2 Å². The lowest BCUT2D eigenvalue weighted by Crippen LogP contribution is -2.31. The van der Waals surface area contributed by atoms with E-state index < -0.39 is 16.1 Å². The molecule has 0 aliphatic rings. The molecule has 0 spiro atoms. The van der Waals surface area contributed by atoms with E-state index in [1.165, 1.54) is 12.1 Å². The fourth-order valence-electron chi connectivity index (χ4n) is 2.42. The minimum Gasteiger partial charge on any atom is -0.506 e. The van der Waals surface area contributed by atoms with Crippen LogP contribution < -0.4 is 4.72 Å². The predicted octanol–water partition coefficient (Wildman–Crippen LogP) is 4.02. The summed E-state index contributed by atoms with van der Waals surface area (Å²) in [7, 11) is -3.93. The van der Waals surface area contributed by atoms with Crippen molar-refractivity contribution < 1.29 is 18.3 Å². The molecular formula is C19H20BrNO4S. The SMILES string of the molecule is C=C(C(=O)CC)[C@@H](NS(=O)(=O)c1ccc(C)cc1)c1cccc(Br)c1O. The summed E-state index contributed by atoms with van der Waals surface area (Å²) in [5, 5.41) is 10.3. The number of sulfonamides is 1. The van der Waals surface area contributed by atoms with Crippen LogP contribution in [0.15, 0.2) is 64.0 Å². The smallest absolute Gasteiger partial charge is 0.241 e. The van der Waals surface area contributed by atoms with E-state index in [2.05, 4.69) is 27.2 Å². The molecule has 0 aromatic heterocycles. The van der Waals surface area contributed by atoms with E-state index in [-0.39, 0.29) is 34.0 Å². The highest BCUT2D eigenvalue weighted by Gasteiger charge is 2.28. The average molecular weight is 438 g/mol. The zero-order valence-electron chi connectivity index (χ0n) is 14.5. The molecule has 0 saturated carbocycles.